The van der Waals surface area contributed by atoms with Crippen LogP contribution in [0, 0.1) is 0 Å². The van der Waals surface area contributed by atoms with Gasteiger partial charge in [-0.05, 0) is 12.1 Å². The molecule has 6 nitrogen and oxygen atoms in total. The van der Waals surface area contributed by atoms with Crippen molar-refractivity contribution >= 4 is 17.8 Å². The Morgan fingerprint density at radius 2 is 1.79 bits per heavy atom. The Hall–Kier alpha value is -2.63. The quantitative estimate of drug-likeness (QED) is 0.472. The van der Waals surface area contributed by atoms with Crippen LogP contribution in [0.4, 0.5) is 0 Å². The van der Waals surface area contributed by atoms with Crippen molar-refractivity contribution < 1.29 is 19.1 Å². The third-order valence-electron chi connectivity index (χ3n) is 2.11. The number of methoxy groups -OCH3 is 1. The van der Waals surface area contributed by atoms with Crippen molar-refractivity contribution in [1.82, 2.24) is 10.6 Å². The highest BCUT2D eigenvalue weighted by molar-refractivity contribution is 6.01. The number of esters is 1. The summed E-state index contributed by atoms with van der Waals surface area (Å²) in [5.41, 5.74) is 0.242. The molecule has 0 saturated carbocycles. The Kier molecular flexibility index (Phi) is 5.28. The van der Waals surface area contributed by atoms with Gasteiger partial charge in [-0.25, -0.2) is 4.79 Å². The number of amides is 2. The van der Waals surface area contributed by atoms with Gasteiger partial charge in [-0.1, -0.05) is 18.2 Å². The molecule has 0 spiro atoms. The van der Waals surface area contributed by atoms with Crippen LogP contribution in [0.5, 0.6) is 0 Å². The van der Waals surface area contributed by atoms with Crippen LogP contribution in [0.25, 0.3) is 0 Å². The molecule has 0 atom stereocenters. The van der Waals surface area contributed by atoms with E-state index in [9.17, 15) is 14.4 Å². The lowest BCUT2D eigenvalue weighted by molar-refractivity contribution is -0.136. The first-order valence-corrected chi connectivity index (χ1v) is 5.46. The molecule has 2 amide bonds. The number of carbonyl (C=O) groups is 3. The fraction of sp³-hybridized carbons (Fsp3) is 0.154. The Morgan fingerprint density at radius 3 is 2.32 bits per heavy atom. The summed E-state index contributed by atoms with van der Waals surface area (Å²) in [6.45, 7) is 1.28. The van der Waals surface area contributed by atoms with Crippen molar-refractivity contribution in [2.24, 2.45) is 0 Å². The number of rotatable bonds is 4. The fourth-order valence-corrected chi connectivity index (χ4v) is 1.21. The van der Waals surface area contributed by atoms with E-state index >= 15 is 0 Å². The van der Waals surface area contributed by atoms with Crippen LogP contribution in [-0.4, -0.2) is 24.9 Å². The van der Waals surface area contributed by atoms with E-state index in [-0.39, 0.29) is 11.6 Å². The zero-order valence-corrected chi connectivity index (χ0v) is 10.6. The molecule has 0 aliphatic rings. The number of ether oxygens (including phenoxy) is 1. The number of nitrogens with one attached hydrogen (secondary N) is 2. The molecule has 0 saturated heterocycles. The zero-order valence-electron chi connectivity index (χ0n) is 10.6. The van der Waals surface area contributed by atoms with Gasteiger partial charge in [-0.15, -0.1) is 0 Å². The minimum Gasteiger partial charge on any atom is -0.464 e. The van der Waals surface area contributed by atoms with Crippen molar-refractivity contribution in [1.29, 1.82) is 0 Å². The van der Waals surface area contributed by atoms with E-state index in [2.05, 4.69) is 15.4 Å². The maximum atomic E-state index is 11.8. The monoisotopic (exact) mass is 263 g/mol. The molecule has 0 unspecified atom stereocenters. The summed E-state index contributed by atoms with van der Waals surface area (Å²) in [4.78, 5) is 34.1. The average molecular weight is 263 g/mol. The highest BCUT2D eigenvalue weighted by Crippen LogP contribution is 2.00. The van der Waals surface area contributed by atoms with Crippen molar-refractivity contribution in [2.75, 3.05) is 7.11 Å². The summed E-state index contributed by atoms with van der Waals surface area (Å²) < 4.78 is 4.51. The van der Waals surface area contributed by atoms with E-state index < -0.39 is 11.9 Å². The lowest BCUT2D eigenvalue weighted by atomic mass is 10.2. The van der Waals surface area contributed by atoms with Gasteiger partial charge in [0.2, 0.25) is 5.91 Å². The Labute approximate surface area is 110 Å². The molecule has 1 rings (SSSR count). The van der Waals surface area contributed by atoms with E-state index in [1.807, 2.05) is 0 Å². The van der Waals surface area contributed by atoms with E-state index in [1.165, 1.54) is 14.0 Å². The van der Waals surface area contributed by atoms with Gasteiger partial charge in [-0.3, -0.25) is 9.59 Å². The lowest BCUT2D eigenvalue weighted by Gasteiger charge is -2.08. The number of hydrogen-bond acceptors (Lipinski definition) is 4. The Balaban J connectivity index is 2.83. The molecule has 0 aliphatic carbocycles. The minimum atomic E-state index is -0.752. The van der Waals surface area contributed by atoms with E-state index in [0.29, 0.717) is 5.56 Å². The van der Waals surface area contributed by atoms with Crippen LogP contribution in [0.3, 0.4) is 0 Å². The minimum absolute atomic E-state index is 0.147. The number of hydrogen-bond donors (Lipinski definition) is 2. The van der Waals surface area contributed by atoms with Gasteiger partial charge in [0.05, 0.1) is 7.11 Å². The Bertz CT molecular complexity index is 509. The van der Waals surface area contributed by atoms with Crippen LogP contribution in [0.15, 0.2) is 42.2 Å². The van der Waals surface area contributed by atoms with Crippen LogP contribution >= 0.6 is 0 Å². The molecule has 1 aromatic rings. The zero-order chi connectivity index (χ0) is 14.3. The molecule has 1 aromatic carbocycles. The summed E-state index contributed by atoms with van der Waals surface area (Å²) in [5.74, 6) is -1.59. The Morgan fingerprint density at radius 1 is 1.16 bits per heavy atom. The standard InChI is InChI=1S/C13H14N2O4/c1-9(16)14-8-11(13(18)19-2)15-12(17)10-6-4-3-5-7-10/h3-8H,1-2H3,(H,14,16)(H,15,17)/b11-8+/i9+1. The topological polar surface area (TPSA) is 84.5 Å². The summed E-state index contributed by atoms with van der Waals surface area (Å²) in [6.07, 6.45) is 1.09. The van der Waals surface area contributed by atoms with Gasteiger partial charge in [0, 0.05) is 18.7 Å². The molecule has 19 heavy (non-hydrogen) atoms. The molecule has 0 radical (unpaired) electrons. The third-order valence-corrected chi connectivity index (χ3v) is 2.11. The first kappa shape index (κ1) is 14.4. The van der Waals surface area contributed by atoms with Crippen LogP contribution in [0.2, 0.25) is 0 Å². The van der Waals surface area contributed by atoms with Crippen LogP contribution < -0.4 is 10.6 Å². The second-order valence-electron chi connectivity index (χ2n) is 3.57. The third kappa shape index (κ3) is 4.63. The van der Waals surface area contributed by atoms with Crippen LogP contribution in [0.1, 0.15) is 17.3 Å². The van der Waals surface area contributed by atoms with Crippen molar-refractivity contribution in [3.05, 3.63) is 47.8 Å². The van der Waals surface area contributed by atoms with E-state index in [1.54, 1.807) is 30.3 Å². The second kappa shape index (κ2) is 6.95. The molecule has 0 bridgehead atoms. The van der Waals surface area contributed by atoms with Gasteiger partial charge in [0.1, 0.15) is 5.70 Å². The molecular formula is C13H14N2O4. The highest BCUT2D eigenvalue weighted by Gasteiger charge is 2.14. The SMILES string of the molecule is COC(=O)/C(=C\N[13C](C)=O)NC(=O)c1ccccc1. The molecule has 2 N–H and O–H groups in total. The summed E-state index contributed by atoms with van der Waals surface area (Å²) in [7, 11) is 1.18. The van der Waals surface area contributed by atoms with Crippen molar-refractivity contribution in [3.8, 4) is 0 Å². The maximum absolute atomic E-state index is 11.8. The smallest absolute Gasteiger partial charge is 0.356 e. The largest absolute Gasteiger partial charge is 0.464 e. The highest BCUT2D eigenvalue weighted by atomic mass is 16.5. The molecule has 0 heterocycles. The van der Waals surface area contributed by atoms with Gasteiger partial charge < -0.3 is 15.4 Å². The first-order chi connectivity index (χ1) is 9.04. The first-order valence-electron chi connectivity index (χ1n) is 5.46. The molecule has 0 fully saturated rings. The molecule has 100 valence electrons. The predicted octanol–water partition coefficient (Wildman–Crippen LogP) is 0.567. The summed E-state index contributed by atoms with van der Waals surface area (Å²) >= 11 is 0. The van der Waals surface area contributed by atoms with Crippen LogP contribution in [-0.2, 0) is 14.3 Å². The molecule has 0 aliphatic heterocycles. The second-order valence-corrected chi connectivity index (χ2v) is 3.57. The van der Waals surface area contributed by atoms with E-state index in [0.717, 1.165) is 6.20 Å². The van der Waals surface area contributed by atoms with E-state index in [4.69, 9.17) is 0 Å². The number of benzene rings is 1. The fourth-order valence-electron chi connectivity index (χ4n) is 1.21. The van der Waals surface area contributed by atoms with Crippen molar-refractivity contribution in [2.45, 2.75) is 6.92 Å². The summed E-state index contributed by atoms with van der Waals surface area (Å²) in [6, 6.07) is 8.37. The number of carbonyl (C=O) groups excluding carboxylic acids is 3. The average Bonchev–Trinajstić information content (AvgIpc) is 2.43. The van der Waals surface area contributed by atoms with Gasteiger partial charge in [0.15, 0.2) is 0 Å². The predicted molar refractivity (Wildman–Crippen MR) is 67.8 cm³/mol. The van der Waals surface area contributed by atoms with Gasteiger partial charge >= 0.3 is 5.97 Å². The molecule has 6 heteroatoms. The molecular weight excluding hydrogens is 249 g/mol. The maximum Gasteiger partial charge on any atom is 0.356 e. The molecule has 0 aromatic heterocycles. The van der Waals surface area contributed by atoms with Gasteiger partial charge in [0.25, 0.3) is 5.91 Å². The van der Waals surface area contributed by atoms with Crippen molar-refractivity contribution in [3.63, 3.8) is 0 Å². The van der Waals surface area contributed by atoms with Gasteiger partial charge in [-0.2, -0.15) is 0 Å². The normalized spacial score (nSPS) is 10.5. The summed E-state index contributed by atoms with van der Waals surface area (Å²) in [5, 5.41) is 4.67. The lowest BCUT2D eigenvalue weighted by Crippen LogP contribution is -2.30.